The molecule has 0 aliphatic carbocycles. The molecule has 2 N–H and O–H groups in total. The van der Waals surface area contributed by atoms with Gasteiger partial charge in [0.05, 0.1) is 0 Å². The molecule has 0 spiro atoms. The van der Waals surface area contributed by atoms with Crippen molar-refractivity contribution >= 4 is 23.8 Å². The molecule has 3 rings (SSSR count). The van der Waals surface area contributed by atoms with Gasteiger partial charge >= 0.3 is 0 Å². The van der Waals surface area contributed by atoms with Gasteiger partial charge in [-0.1, -0.05) is 12.1 Å². The topological polar surface area (TPSA) is 42.2 Å². The summed E-state index contributed by atoms with van der Waals surface area (Å²) in [5.41, 5.74) is 12.0. The van der Waals surface area contributed by atoms with E-state index in [9.17, 15) is 0 Å². The molecule has 0 saturated heterocycles. The Morgan fingerprint density at radius 3 is 2.90 bits per heavy atom. The zero-order valence-corrected chi connectivity index (χ0v) is 12.5. The van der Waals surface area contributed by atoms with Crippen LogP contribution in [-0.4, -0.2) is 11.5 Å². The zero-order valence-electron chi connectivity index (χ0n) is 11.7. The van der Waals surface area contributed by atoms with Gasteiger partial charge in [0, 0.05) is 36.4 Å². The minimum atomic E-state index is 0. The van der Waals surface area contributed by atoms with E-state index in [1.165, 1.54) is 23.2 Å². The summed E-state index contributed by atoms with van der Waals surface area (Å²) in [6.45, 7) is 4.07. The summed E-state index contributed by atoms with van der Waals surface area (Å²) in [4.78, 5) is 6.78. The Bertz CT molecular complexity index is 598. The predicted molar refractivity (Wildman–Crippen MR) is 86.4 cm³/mol. The number of anilines is 2. The highest BCUT2D eigenvalue weighted by molar-refractivity contribution is 5.85. The number of nitrogens with zero attached hydrogens (tertiary/aromatic N) is 2. The van der Waals surface area contributed by atoms with Gasteiger partial charge < -0.3 is 10.6 Å². The molecule has 0 amide bonds. The number of aryl methyl sites for hydroxylation is 1. The Labute approximate surface area is 126 Å². The first-order chi connectivity index (χ1) is 9.25. The fourth-order valence-electron chi connectivity index (χ4n) is 2.78. The number of rotatable bonds is 2. The zero-order chi connectivity index (χ0) is 13.2. The minimum absolute atomic E-state index is 0. The van der Waals surface area contributed by atoms with Crippen LogP contribution in [0.4, 0.5) is 11.4 Å². The van der Waals surface area contributed by atoms with E-state index in [1.54, 1.807) is 0 Å². The standard InChI is InChI=1S/C16H19N3.ClH/c1-12-13(5-3-9-18-12)11-19-10-4-6-14-15(17)7-2-8-16(14)19;/h2-3,5,7-9H,4,6,10-11,17H2,1H3;1H. The van der Waals surface area contributed by atoms with Crippen LogP contribution < -0.4 is 10.6 Å². The molecule has 1 aliphatic heterocycles. The summed E-state index contributed by atoms with van der Waals surface area (Å²) in [5.74, 6) is 0. The van der Waals surface area contributed by atoms with Gasteiger partial charge in [0.1, 0.15) is 0 Å². The molecule has 0 fully saturated rings. The number of pyridine rings is 1. The number of aromatic nitrogens is 1. The highest BCUT2D eigenvalue weighted by Gasteiger charge is 2.19. The molecular weight excluding hydrogens is 270 g/mol. The lowest BCUT2D eigenvalue weighted by molar-refractivity contribution is 0.689. The van der Waals surface area contributed by atoms with Gasteiger partial charge in [-0.15, -0.1) is 12.4 Å². The normalized spacial score (nSPS) is 13.6. The molecule has 1 aromatic heterocycles. The summed E-state index contributed by atoms with van der Waals surface area (Å²) in [6.07, 6.45) is 4.10. The molecule has 0 radical (unpaired) electrons. The number of hydrogen-bond acceptors (Lipinski definition) is 3. The third-order valence-corrected chi connectivity index (χ3v) is 3.86. The van der Waals surface area contributed by atoms with Crippen molar-refractivity contribution in [2.24, 2.45) is 0 Å². The summed E-state index contributed by atoms with van der Waals surface area (Å²) >= 11 is 0. The summed E-state index contributed by atoms with van der Waals surface area (Å²) < 4.78 is 0. The molecule has 1 aromatic carbocycles. The highest BCUT2D eigenvalue weighted by atomic mass is 35.5. The molecular formula is C16H20ClN3. The third kappa shape index (κ3) is 2.73. The van der Waals surface area contributed by atoms with Crippen LogP contribution in [0.2, 0.25) is 0 Å². The van der Waals surface area contributed by atoms with E-state index in [0.717, 1.165) is 30.9 Å². The Kier molecular flexibility index (Phi) is 4.50. The van der Waals surface area contributed by atoms with Crippen LogP contribution >= 0.6 is 12.4 Å². The molecule has 4 heteroatoms. The van der Waals surface area contributed by atoms with Crippen molar-refractivity contribution in [3.63, 3.8) is 0 Å². The monoisotopic (exact) mass is 289 g/mol. The molecule has 0 unspecified atom stereocenters. The van der Waals surface area contributed by atoms with Gasteiger partial charge in [-0.2, -0.15) is 0 Å². The van der Waals surface area contributed by atoms with Gasteiger partial charge in [0.25, 0.3) is 0 Å². The van der Waals surface area contributed by atoms with Crippen molar-refractivity contribution in [1.29, 1.82) is 0 Å². The number of benzene rings is 1. The fourth-order valence-corrected chi connectivity index (χ4v) is 2.78. The highest BCUT2D eigenvalue weighted by Crippen LogP contribution is 2.32. The van der Waals surface area contributed by atoms with Crippen molar-refractivity contribution in [2.75, 3.05) is 17.2 Å². The number of nitrogens with two attached hydrogens (primary N) is 1. The minimum Gasteiger partial charge on any atom is -0.398 e. The summed E-state index contributed by atoms with van der Waals surface area (Å²) in [5, 5.41) is 0. The van der Waals surface area contributed by atoms with Crippen LogP contribution in [-0.2, 0) is 13.0 Å². The molecule has 106 valence electrons. The van der Waals surface area contributed by atoms with Crippen molar-refractivity contribution in [3.05, 3.63) is 53.3 Å². The smallest absolute Gasteiger partial charge is 0.0447 e. The first-order valence-electron chi connectivity index (χ1n) is 6.78. The second kappa shape index (κ2) is 6.14. The van der Waals surface area contributed by atoms with E-state index in [4.69, 9.17) is 5.73 Å². The maximum atomic E-state index is 6.09. The molecule has 20 heavy (non-hydrogen) atoms. The van der Waals surface area contributed by atoms with Crippen molar-refractivity contribution in [3.8, 4) is 0 Å². The van der Waals surface area contributed by atoms with Crippen LogP contribution in [0, 0.1) is 6.92 Å². The number of halogens is 1. The van der Waals surface area contributed by atoms with Gasteiger partial charge in [0.15, 0.2) is 0 Å². The van der Waals surface area contributed by atoms with Crippen LogP contribution in [0.25, 0.3) is 0 Å². The summed E-state index contributed by atoms with van der Waals surface area (Å²) in [7, 11) is 0. The first-order valence-corrected chi connectivity index (χ1v) is 6.78. The molecule has 0 bridgehead atoms. The largest absolute Gasteiger partial charge is 0.398 e. The number of nitrogen functional groups attached to an aromatic ring is 1. The van der Waals surface area contributed by atoms with Crippen molar-refractivity contribution in [1.82, 2.24) is 4.98 Å². The third-order valence-electron chi connectivity index (χ3n) is 3.86. The average molecular weight is 290 g/mol. The maximum absolute atomic E-state index is 6.09. The average Bonchev–Trinajstić information content (AvgIpc) is 2.42. The number of hydrogen-bond donors (Lipinski definition) is 1. The number of fused-ring (bicyclic) bond motifs is 1. The Hall–Kier alpha value is -1.74. The van der Waals surface area contributed by atoms with Gasteiger partial charge in [-0.25, -0.2) is 0 Å². The van der Waals surface area contributed by atoms with Gasteiger partial charge in [-0.05, 0) is 49.1 Å². The van der Waals surface area contributed by atoms with Crippen LogP contribution in [0.15, 0.2) is 36.5 Å². The van der Waals surface area contributed by atoms with E-state index < -0.39 is 0 Å². The second-order valence-electron chi connectivity index (χ2n) is 5.12. The molecule has 0 saturated carbocycles. The van der Waals surface area contributed by atoms with E-state index in [0.29, 0.717) is 0 Å². The molecule has 3 nitrogen and oxygen atoms in total. The van der Waals surface area contributed by atoms with E-state index in [1.807, 2.05) is 24.4 Å². The fraction of sp³-hybridized carbons (Fsp3) is 0.312. The predicted octanol–water partition coefficient (Wildman–Crippen LogP) is 3.35. The van der Waals surface area contributed by atoms with Crippen LogP contribution in [0.5, 0.6) is 0 Å². The maximum Gasteiger partial charge on any atom is 0.0447 e. The Morgan fingerprint density at radius 2 is 2.10 bits per heavy atom. The lowest BCUT2D eigenvalue weighted by Crippen LogP contribution is -2.29. The quantitative estimate of drug-likeness (QED) is 0.862. The summed E-state index contributed by atoms with van der Waals surface area (Å²) in [6, 6.07) is 10.4. The molecule has 2 aromatic rings. The van der Waals surface area contributed by atoms with Crippen LogP contribution in [0.1, 0.15) is 23.2 Å². The van der Waals surface area contributed by atoms with Gasteiger partial charge in [0.2, 0.25) is 0 Å². The molecule has 1 aliphatic rings. The van der Waals surface area contributed by atoms with E-state index in [2.05, 4.69) is 28.9 Å². The SMILES string of the molecule is Cc1ncccc1CN1CCCc2c(N)cccc21.Cl. The Morgan fingerprint density at radius 1 is 1.25 bits per heavy atom. The lowest BCUT2D eigenvalue weighted by atomic mass is 9.99. The van der Waals surface area contributed by atoms with E-state index in [-0.39, 0.29) is 12.4 Å². The van der Waals surface area contributed by atoms with Gasteiger partial charge in [-0.3, -0.25) is 4.98 Å². The first kappa shape index (κ1) is 14.7. The second-order valence-corrected chi connectivity index (χ2v) is 5.12. The lowest BCUT2D eigenvalue weighted by Gasteiger charge is -2.32. The molecule has 2 heterocycles. The van der Waals surface area contributed by atoms with Crippen molar-refractivity contribution in [2.45, 2.75) is 26.3 Å². The van der Waals surface area contributed by atoms with E-state index >= 15 is 0 Å². The molecule has 0 atom stereocenters. The Balaban J connectivity index is 0.00000147. The van der Waals surface area contributed by atoms with Crippen LogP contribution in [0.3, 0.4) is 0 Å². The van der Waals surface area contributed by atoms with Crippen molar-refractivity contribution < 1.29 is 0 Å².